The van der Waals surface area contributed by atoms with E-state index in [1.807, 2.05) is 12.1 Å². The van der Waals surface area contributed by atoms with Gasteiger partial charge in [-0.25, -0.2) is 0 Å². The van der Waals surface area contributed by atoms with E-state index in [1.165, 1.54) is 0 Å². The summed E-state index contributed by atoms with van der Waals surface area (Å²) in [5, 5.41) is 3.77. The van der Waals surface area contributed by atoms with Crippen LogP contribution in [0.1, 0.15) is 5.76 Å². The van der Waals surface area contributed by atoms with Crippen molar-refractivity contribution in [2.24, 2.45) is 5.73 Å². The zero-order chi connectivity index (χ0) is 7.68. The third kappa shape index (κ3) is 0.877. The van der Waals surface area contributed by atoms with Gasteiger partial charge in [-0.05, 0) is 12.1 Å². The molecule has 2 N–H and O–H groups in total. The number of hydrogen-bond donors (Lipinski definition) is 1. The van der Waals surface area contributed by atoms with E-state index in [-0.39, 0.29) is 0 Å². The van der Waals surface area contributed by atoms with Crippen LogP contribution >= 0.6 is 0 Å². The summed E-state index contributed by atoms with van der Waals surface area (Å²) < 4.78 is 4.93. The van der Waals surface area contributed by atoms with Crippen LogP contribution in [-0.2, 0) is 6.54 Å². The van der Waals surface area contributed by atoms with Crippen molar-refractivity contribution in [3.8, 4) is 0 Å². The van der Waals surface area contributed by atoms with Crippen molar-refractivity contribution in [3.05, 3.63) is 24.1 Å². The molecule has 2 aromatic rings. The first-order chi connectivity index (χ1) is 5.42. The normalized spacial score (nSPS) is 10.6. The largest absolute Gasteiger partial charge is 0.357 e. The average molecular weight is 149 g/mol. The van der Waals surface area contributed by atoms with E-state index < -0.39 is 0 Å². The maximum atomic E-state index is 5.39. The number of hydrogen-bond acceptors (Lipinski definition) is 4. The quantitative estimate of drug-likeness (QED) is 0.647. The Bertz CT molecular complexity index is 368. The number of nitrogens with zero attached hydrogens (tertiary/aromatic N) is 2. The lowest BCUT2D eigenvalue weighted by atomic mass is 10.3. The monoisotopic (exact) mass is 149 g/mol. The maximum Gasteiger partial charge on any atom is 0.176 e. The smallest absolute Gasteiger partial charge is 0.176 e. The summed E-state index contributed by atoms with van der Waals surface area (Å²) in [6, 6.07) is 3.65. The average Bonchev–Trinajstić information content (AvgIpc) is 2.47. The van der Waals surface area contributed by atoms with Crippen LogP contribution in [0.15, 0.2) is 22.9 Å². The summed E-state index contributed by atoms with van der Waals surface area (Å²) >= 11 is 0. The van der Waals surface area contributed by atoms with Crippen LogP contribution in [-0.4, -0.2) is 10.1 Å². The van der Waals surface area contributed by atoms with Crippen LogP contribution in [0.25, 0.3) is 11.0 Å². The second kappa shape index (κ2) is 2.32. The van der Waals surface area contributed by atoms with Crippen molar-refractivity contribution < 1.29 is 4.52 Å². The molecular formula is C7H7N3O. The molecule has 0 aromatic carbocycles. The molecule has 0 bridgehead atoms. The van der Waals surface area contributed by atoms with Gasteiger partial charge in [-0.15, -0.1) is 0 Å². The first-order valence-corrected chi connectivity index (χ1v) is 3.31. The van der Waals surface area contributed by atoms with Crippen LogP contribution in [0.3, 0.4) is 0 Å². The third-order valence-corrected chi connectivity index (χ3v) is 1.49. The van der Waals surface area contributed by atoms with E-state index in [2.05, 4.69) is 10.1 Å². The first kappa shape index (κ1) is 6.30. The molecule has 0 atom stereocenters. The lowest BCUT2D eigenvalue weighted by Crippen LogP contribution is -1.94. The highest BCUT2D eigenvalue weighted by Crippen LogP contribution is 2.13. The molecule has 4 nitrogen and oxygen atoms in total. The molecular weight excluding hydrogens is 142 g/mol. The highest BCUT2D eigenvalue weighted by atomic mass is 16.5. The second-order valence-electron chi connectivity index (χ2n) is 2.18. The predicted octanol–water partition coefficient (Wildman–Crippen LogP) is 0.681. The fourth-order valence-electron chi connectivity index (χ4n) is 0.967. The van der Waals surface area contributed by atoms with Gasteiger partial charge in [-0.3, -0.25) is 4.98 Å². The zero-order valence-corrected chi connectivity index (χ0v) is 5.82. The molecule has 2 heterocycles. The molecule has 0 fully saturated rings. The summed E-state index contributed by atoms with van der Waals surface area (Å²) in [4.78, 5) is 4.08. The van der Waals surface area contributed by atoms with Gasteiger partial charge in [-0.2, -0.15) is 0 Å². The van der Waals surface area contributed by atoms with E-state index in [4.69, 9.17) is 10.3 Å². The van der Waals surface area contributed by atoms with Crippen LogP contribution in [0.2, 0.25) is 0 Å². The van der Waals surface area contributed by atoms with Gasteiger partial charge in [0.1, 0.15) is 11.0 Å². The maximum absolute atomic E-state index is 5.39. The Hall–Kier alpha value is -1.42. The predicted molar refractivity (Wildman–Crippen MR) is 39.7 cm³/mol. The highest BCUT2D eigenvalue weighted by Gasteiger charge is 2.05. The van der Waals surface area contributed by atoms with Gasteiger partial charge >= 0.3 is 0 Å². The minimum atomic E-state index is 0.341. The molecule has 4 heteroatoms. The van der Waals surface area contributed by atoms with Crippen LogP contribution < -0.4 is 5.73 Å². The Balaban J connectivity index is 2.76. The van der Waals surface area contributed by atoms with Crippen molar-refractivity contribution in [2.45, 2.75) is 6.54 Å². The lowest BCUT2D eigenvalue weighted by molar-refractivity contribution is 0.392. The van der Waals surface area contributed by atoms with Crippen molar-refractivity contribution >= 4 is 11.0 Å². The standard InChI is InChI=1S/C7H7N3O/c8-4-6-7-5(10-11-6)2-1-3-9-7/h1-3H,4,8H2. The number of nitrogens with two attached hydrogens (primary N) is 1. The summed E-state index contributed by atoms with van der Waals surface area (Å²) in [5.41, 5.74) is 6.90. The number of pyridine rings is 1. The summed E-state index contributed by atoms with van der Waals surface area (Å²) in [6.07, 6.45) is 1.69. The zero-order valence-electron chi connectivity index (χ0n) is 5.82. The molecule has 0 radical (unpaired) electrons. The van der Waals surface area contributed by atoms with Gasteiger partial charge in [0.25, 0.3) is 0 Å². The third-order valence-electron chi connectivity index (χ3n) is 1.49. The minimum absolute atomic E-state index is 0.341. The number of aromatic nitrogens is 2. The van der Waals surface area contributed by atoms with Gasteiger partial charge in [0.2, 0.25) is 0 Å². The van der Waals surface area contributed by atoms with E-state index >= 15 is 0 Å². The Labute approximate surface area is 63.0 Å². The number of rotatable bonds is 1. The minimum Gasteiger partial charge on any atom is -0.357 e. The molecule has 2 rings (SSSR count). The number of fused-ring (bicyclic) bond motifs is 1. The molecule has 2 aromatic heterocycles. The molecule has 11 heavy (non-hydrogen) atoms. The van der Waals surface area contributed by atoms with E-state index in [0.29, 0.717) is 12.3 Å². The Morgan fingerprint density at radius 1 is 1.55 bits per heavy atom. The van der Waals surface area contributed by atoms with Gasteiger partial charge < -0.3 is 10.3 Å². The van der Waals surface area contributed by atoms with Gasteiger partial charge in [0.15, 0.2) is 5.76 Å². The molecule has 0 unspecified atom stereocenters. The van der Waals surface area contributed by atoms with Crippen molar-refractivity contribution in [1.82, 2.24) is 10.1 Å². The van der Waals surface area contributed by atoms with Crippen LogP contribution in [0, 0.1) is 0 Å². The Kier molecular flexibility index (Phi) is 1.33. The van der Waals surface area contributed by atoms with Gasteiger partial charge in [-0.1, -0.05) is 5.16 Å². The molecule has 56 valence electrons. The highest BCUT2D eigenvalue weighted by molar-refractivity contribution is 5.75. The fourth-order valence-corrected chi connectivity index (χ4v) is 0.967. The van der Waals surface area contributed by atoms with E-state index in [0.717, 1.165) is 11.0 Å². The molecule has 0 spiro atoms. The second-order valence-corrected chi connectivity index (χ2v) is 2.18. The fraction of sp³-hybridized carbons (Fsp3) is 0.143. The van der Waals surface area contributed by atoms with Gasteiger partial charge in [0.05, 0.1) is 6.54 Å². The summed E-state index contributed by atoms with van der Waals surface area (Å²) in [7, 11) is 0. The summed E-state index contributed by atoms with van der Waals surface area (Å²) in [6.45, 7) is 0.341. The molecule has 0 saturated heterocycles. The lowest BCUT2D eigenvalue weighted by Gasteiger charge is -1.85. The molecule has 0 amide bonds. The van der Waals surface area contributed by atoms with Gasteiger partial charge in [0, 0.05) is 6.20 Å². The SMILES string of the molecule is NCc1onc2cccnc12. The van der Waals surface area contributed by atoms with Crippen LogP contribution in [0.4, 0.5) is 0 Å². The molecule has 0 saturated carbocycles. The van der Waals surface area contributed by atoms with Crippen molar-refractivity contribution in [1.29, 1.82) is 0 Å². The Morgan fingerprint density at radius 3 is 3.27 bits per heavy atom. The first-order valence-electron chi connectivity index (χ1n) is 3.31. The van der Waals surface area contributed by atoms with E-state index in [1.54, 1.807) is 6.20 Å². The van der Waals surface area contributed by atoms with Crippen molar-refractivity contribution in [3.63, 3.8) is 0 Å². The molecule has 0 aliphatic rings. The van der Waals surface area contributed by atoms with E-state index in [9.17, 15) is 0 Å². The molecule has 0 aliphatic heterocycles. The molecule has 0 aliphatic carbocycles. The topological polar surface area (TPSA) is 64.9 Å². The summed E-state index contributed by atoms with van der Waals surface area (Å²) in [5.74, 6) is 0.639. The van der Waals surface area contributed by atoms with Crippen LogP contribution in [0.5, 0.6) is 0 Å². The Morgan fingerprint density at radius 2 is 2.45 bits per heavy atom. The van der Waals surface area contributed by atoms with Crippen molar-refractivity contribution in [2.75, 3.05) is 0 Å².